The van der Waals surface area contributed by atoms with Gasteiger partial charge in [-0.2, -0.15) is 5.10 Å². The molecule has 90 valence electrons. The second-order valence-corrected chi connectivity index (χ2v) is 4.66. The summed E-state index contributed by atoms with van der Waals surface area (Å²) in [6.07, 6.45) is 1.75. The number of benzene rings is 1. The lowest BCUT2D eigenvalue weighted by atomic mass is 10.1. The number of nitrogens with zero attached hydrogens (tertiary/aromatic N) is 2. The largest absolute Gasteiger partial charge is 0.496 e. The SMILES string of the molecule is COc1ccc(CCc2n[nH]c(C)n2)cc1Br. The summed E-state index contributed by atoms with van der Waals surface area (Å²) in [5.41, 5.74) is 1.24. The van der Waals surface area contributed by atoms with E-state index in [1.165, 1.54) is 5.56 Å². The summed E-state index contributed by atoms with van der Waals surface area (Å²) in [6, 6.07) is 6.09. The number of methoxy groups -OCH3 is 1. The Morgan fingerprint density at radius 1 is 1.35 bits per heavy atom. The average molecular weight is 296 g/mol. The second kappa shape index (κ2) is 5.31. The molecule has 0 aliphatic carbocycles. The van der Waals surface area contributed by atoms with Crippen LogP contribution in [0.15, 0.2) is 22.7 Å². The van der Waals surface area contributed by atoms with Crippen LogP contribution in [0, 0.1) is 6.92 Å². The molecule has 1 heterocycles. The van der Waals surface area contributed by atoms with Gasteiger partial charge in [0, 0.05) is 6.42 Å². The van der Waals surface area contributed by atoms with Crippen LogP contribution < -0.4 is 4.74 Å². The van der Waals surface area contributed by atoms with E-state index in [1.807, 2.05) is 13.0 Å². The molecule has 0 spiro atoms. The molecule has 0 atom stereocenters. The minimum Gasteiger partial charge on any atom is -0.496 e. The van der Waals surface area contributed by atoms with E-state index in [2.05, 4.69) is 43.2 Å². The summed E-state index contributed by atoms with van der Waals surface area (Å²) < 4.78 is 6.17. The topological polar surface area (TPSA) is 50.8 Å². The Hall–Kier alpha value is -1.36. The lowest BCUT2D eigenvalue weighted by Crippen LogP contribution is -1.94. The van der Waals surface area contributed by atoms with E-state index in [1.54, 1.807) is 7.11 Å². The van der Waals surface area contributed by atoms with Gasteiger partial charge >= 0.3 is 0 Å². The summed E-state index contributed by atoms with van der Waals surface area (Å²) in [6.45, 7) is 1.90. The molecule has 1 N–H and O–H groups in total. The number of H-pyrrole nitrogens is 1. The first kappa shape index (κ1) is 12.1. The first-order chi connectivity index (χ1) is 8.19. The third-order valence-corrected chi connectivity index (χ3v) is 3.12. The first-order valence-electron chi connectivity index (χ1n) is 5.39. The fourth-order valence-electron chi connectivity index (χ4n) is 1.62. The molecule has 0 saturated heterocycles. The zero-order chi connectivity index (χ0) is 12.3. The number of halogens is 1. The molecule has 2 rings (SSSR count). The Kier molecular flexibility index (Phi) is 3.78. The lowest BCUT2D eigenvalue weighted by molar-refractivity contribution is 0.412. The molecular formula is C12H14BrN3O. The normalized spacial score (nSPS) is 10.5. The number of ether oxygens (including phenoxy) is 1. The summed E-state index contributed by atoms with van der Waals surface area (Å²) in [4.78, 5) is 4.28. The van der Waals surface area contributed by atoms with Crippen LogP contribution in [0.1, 0.15) is 17.2 Å². The highest BCUT2D eigenvalue weighted by molar-refractivity contribution is 9.10. The minimum absolute atomic E-state index is 0.836. The molecule has 0 bridgehead atoms. The summed E-state index contributed by atoms with van der Waals surface area (Å²) in [7, 11) is 1.66. The maximum Gasteiger partial charge on any atom is 0.151 e. The van der Waals surface area contributed by atoms with Crippen molar-refractivity contribution in [2.45, 2.75) is 19.8 Å². The number of aromatic amines is 1. The monoisotopic (exact) mass is 295 g/mol. The van der Waals surface area contributed by atoms with Crippen molar-refractivity contribution in [3.05, 3.63) is 39.9 Å². The van der Waals surface area contributed by atoms with Crippen LogP contribution in [-0.4, -0.2) is 22.3 Å². The highest BCUT2D eigenvalue weighted by Gasteiger charge is 2.04. The molecule has 1 aromatic carbocycles. The van der Waals surface area contributed by atoms with E-state index < -0.39 is 0 Å². The van der Waals surface area contributed by atoms with Gasteiger partial charge in [-0.05, 0) is 47.0 Å². The van der Waals surface area contributed by atoms with Gasteiger partial charge in [0.05, 0.1) is 11.6 Å². The molecule has 17 heavy (non-hydrogen) atoms. The van der Waals surface area contributed by atoms with E-state index in [4.69, 9.17) is 4.74 Å². The Labute approximate surface area is 109 Å². The molecule has 0 fully saturated rings. The molecule has 0 unspecified atom stereocenters. The molecule has 0 amide bonds. The minimum atomic E-state index is 0.836. The lowest BCUT2D eigenvalue weighted by Gasteiger charge is -2.05. The van der Waals surface area contributed by atoms with E-state index in [-0.39, 0.29) is 0 Å². The summed E-state index contributed by atoms with van der Waals surface area (Å²) in [5, 5.41) is 6.96. The Balaban J connectivity index is 2.02. The molecule has 0 radical (unpaired) electrons. The number of aryl methyl sites for hydroxylation is 3. The average Bonchev–Trinajstić information content (AvgIpc) is 2.73. The van der Waals surface area contributed by atoms with Crippen molar-refractivity contribution >= 4 is 15.9 Å². The van der Waals surface area contributed by atoms with Gasteiger partial charge in [0.15, 0.2) is 5.82 Å². The molecule has 2 aromatic rings. The number of rotatable bonds is 4. The van der Waals surface area contributed by atoms with Crippen molar-refractivity contribution in [1.82, 2.24) is 15.2 Å². The number of nitrogens with one attached hydrogen (secondary N) is 1. The van der Waals surface area contributed by atoms with Crippen LogP contribution in [0.5, 0.6) is 5.75 Å². The van der Waals surface area contributed by atoms with Crippen molar-refractivity contribution in [3.63, 3.8) is 0 Å². The van der Waals surface area contributed by atoms with E-state index in [0.29, 0.717) is 0 Å². The van der Waals surface area contributed by atoms with Gasteiger partial charge in [0.2, 0.25) is 0 Å². The maximum absolute atomic E-state index is 5.19. The zero-order valence-corrected chi connectivity index (χ0v) is 11.4. The van der Waals surface area contributed by atoms with Crippen molar-refractivity contribution in [2.75, 3.05) is 7.11 Å². The van der Waals surface area contributed by atoms with Crippen molar-refractivity contribution in [1.29, 1.82) is 0 Å². The summed E-state index contributed by atoms with van der Waals surface area (Å²) >= 11 is 3.48. The zero-order valence-electron chi connectivity index (χ0n) is 9.83. The van der Waals surface area contributed by atoms with Gasteiger partial charge in [-0.1, -0.05) is 6.07 Å². The third-order valence-electron chi connectivity index (χ3n) is 2.50. The Morgan fingerprint density at radius 3 is 2.76 bits per heavy atom. The molecule has 0 saturated carbocycles. The van der Waals surface area contributed by atoms with E-state index in [9.17, 15) is 0 Å². The van der Waals surface area contributed by atoms with Crippen molar-refractivity contribution in [3.8, 4) is 5.75 Å². The Morgan fingerprint density at radius 2 is 2.18 bits per heavy atom. The number of hydrogen-bond donors (Lipinski definition) is 1. The highest BCUT2D eigenvalue weighted by atomic mass is 79.9. The van der Waals surface area contributed by atoms with Crippen LogP contribution in [0.4, 0.5) is 0 Å². The maximum atomic E-state index is 5.19. The van der Waals surface area contributed by atoms with E-state index >= 15 is 0 Å². The van der Waals surface area contributed by atoms with Crippen LogP contribution in [0.3, 0.4) is 0 Å². The third kappa shape index (κ3) is 3.06. The fraction of sp³-hybridized carbons (Fsp3) is 0.333. The smallest absolute Gasteiger partial charge is 0.151 e. The molecular weight excluding hydrogens is 282 g/mol. The van der Waals surface area contributed by atoms with Crippen LogP contribution in [-0.2, 0) is 12.8 Å². The van der Waals surface area contributed by atoms with Gasteiger partial charge in [0.25, 0.3) is 0 Å². The van der Waals surface area contributed by atoms with Gasteiger partial charge < -0.3 is 4.74 Å². The molecule has 5 heteroatoms. The van der Waals surface area contributed by atoms with E-state index in [0.717, 1.165) is 34.7 Å². The predicted octanol–water partition coefficient (Wildman–Crippen LogP) is 2.67. The molecule has 1 aromatic heterocycles. The summed E-state index contributed by atoms with van der Waals surface area (Å²) in [5.74, 6) is 2.56. The van der Waals surface area contributed by atoms with Crippen LogP contribution in [0.25, 0.3) is 0 Å². The standard InChI is InChI=1S/C12H14BrN3O/c1-8-14-12(16-15-8)6-4-9-3-5-11(17-2)10(13)7-9/h3,5,7H,4,6H2,1-2H3,(H,14,15,16). The molecule has 4 nitrogen and oxygen atoms in total. The Bertz CT molecular complexity index is 510. The predicted molar refractivity (Wildman–Crippen MR) is 69.2 cm³/mol. The van der Waals surface area contributed by atoms with Gasteiger partial charge in [-0.3, -0.25) is 5.10 Å². The number of aromatic nitrogens is 3. The van der Waals surface area contributed by atoms with Crippen molar-refractivity contribution < 1.29 is 4.74 Å². The van der Waals surface area contributed by atoms with Crippen molar-refractivity contribution in [2.24, 2.45) is 0 Å². The van der Waals surface area contributed by atoms with Crippen LogP contribution >= 0.6 is 15.9 Å². The van der Waals surface area contributed by atoms with Crippen LogP contribution in [0.2, 0.25) is 0 Å². The number of hydrogen-bond acceptors (Lipinski definition) is 3. The van der Waals surface area contributed by atoms with Gasteiger partial charge in [0.1, 0.15) is 11.6 Å². The quantitative estimate of drug-likeness (QED) is 0.943. The highest BCUT2D eigenvalue weighted by Crippen LogP contribution is 2.25. The second-order valence-electron chi connectivity index (χ2n) is 3.81. The van der Waals surface area contributed by atoms with Gasteiger partial charge in [-0.25, -0.2) is 4.98 Å². The first-order valence-corrected chi connectivity index (χ1v) is 6.18. The molecule has 0 aliphatic rings. The molecule has 0 aliphatic heterocycles. The fourth-order valence-corrected chi connectivity index (χ4v) is 2.21. The van der Waals surface area contributed by atoms with Gasteiger partial charge in [-0.15, -0.1) is 0 Å².